The van der Waals surface area contributed by atoms with E-state index in [1.807, 2.05) is 41.7 Å². The molecule has 0 amide bonds. The molecule has 2 atom stereocenters. The molecule has 6 nitrogen and oxygen atoms in total. The summed E-state index contributed by atoms with van der Waals surface area (Å²) in [5.74, 6) is 1.42. The zero-order valence-corrected chi connectivity index (χ0v) is 16.1. The highest BCUT2D eigenvalue weighted by atomic mass is 35.5. The molecule has 3 heterocycles. The third-order valence-corrected chi connectivity index (χ3v) is 5.57. The van der Waals surface area contributed by atoms with Gasteiger partial charge >= 0.3 is 0 Å². The summed E-state index contributed by atoms with van der Waals surface area (Å²) in [6, 6.07) is 9.39. The van der Waals surface area contributed by atoms with Crippen LogP contribution < -0.4 is 4.74 Å². The van der Waals surface area contributed by atoms with E-state index >= 15 is 0 Å². The highest BCUT2D eigenvalue weighted by Crippen LogP contribution is 2.34. The van der Waals surface area contributed by atoms with E-state index in [0.29, 0.717) is 17.3 Å². The maximum Gasteiger partial charge on any atom is 0.164 e. The monoisotopic (exact) mass is 394 g/mol. The molecule has 1 aromatic carbocycles. The average molecular weight is 395 g/mol. The van der Waals surface area contributed by atoms with E-state index in [9.17, 15) is 5.11 Å². The van der Waals surface area contributed by atoms with Gasteiger partial charge in [0.1, 0.15) is 23.2 Å². The van der Waals surface area contributed by atoms with Gasteiger partial charge in [-0.25, -0.2) is 15.0 Å². The molecule has 0 spiro atoms. The highest BCUT2D eigenvalue weighted by molar-refractivity contribution is 6.33. The van der Waals surface area contributed by atoms with Crippen molar-refractivity contribution < 1.29 is 9.84 Å². The molecular formula is C21H19ClN4O2. The van der Waals surface area contributed by atoms with Gasteiger partial charge in [-0.2, -0.15) is 0 Å². The molecule has 1 aliphatic carbocycles. The first-order valence-electron chi connectivity index (χ1n) is 9.33. The number of rotatable bonds is 3. The molecule has 0 radical (unpaired) electrons. The minimum Gasteiger partial charge on any atom is -0.490 e. The Balaban J connectivity index is 1.65. The van der Waals surface area contributed by atoms with Crippen molar-refractivity contribution in [2.24, 2.45) is 0 Å². The fourth-order valence-corrected chi connectivity index (χ4v) is 4.07. The number of aliphatic hydroxyl groups excluding tert-OH is 1. The number of nitrogens with zero attached hydrogens (tertiary/aromatic N) is 4. The molecule has 5 rings (SSSR count). The normalized spacial score (nSPS) is 19.5. The lowest BCUT2D eigenvalue weighted by atomic mass is 10.2. The maximum absolute atomic E-state index is 9.74. The Hall–Kier alpha value is -2.70. The third kappa shape index (κ3) is 2.89. The van der Waals surface area contributed by atoms with E-state index in [1.54, 1.807) is 12.4 Å². The largest absolute Gasteiger partial charge is 0.490 e. The van der Waals surface area contributed by atoms with Crippen molar-refractivity contribution in [3.05, 3.63) is 53.4 Å². The number of pyridine rings is 1. The first kappa shape index (κ1) is 17.4. The molecule has 2 unspecified atom stereocenters. The van der Waals surface area contributed by atoms with Crippen molar-refractivity contribution in [2.45, 2.75) is 38.4 Å². The number of aryl methyl sites for hydroxylation is 1. The summed E-state index contributed by atoms with van der Waals surface area (Å²) >= 11 is 6.53. The third-order valence-electron chi connectivity index (χ3n) is 5.24. The summed E-state index contributed by atoms with van der Waals surface area (Å²) in [5, 5.41) is 10.3. The molecule has 3 aromatic heterocycles. The molecule has 1 fully saturated rings. The van der Waals surface area contributed by atoms with Gasteiger partial charge in [-0.05, 0) is 50.1 Å². The van der Waals surface area contributed by atoms with Crippen LogP contribution in [0.4, 0.5) is 0 Å². The van der Waals surface area contributed by atoms with Gasteiger partial charge in [-0.3, -0.25) is 4.40 Å². The quantitative estimate of drug-likeness (QED) is 0.563. The van der Waals surface area contributed by atoms with Crippen molar-refractivity contribution in [3.8, 4) is 17.1 Å². The molecule has 1 aliphatic rings. The summed E-state index contributed by atoms with van der Waals surface area (Å²) in [5.41, 5.74) is 4.08. The molecule has 0 saturated heterocycles. The lowest BCUT2D eigenvalue weighted by Gasteiger charge is -2.15. The van der Waals surface area contributed by atoms with Crippen molar-refractivity contribution in [1.29, 1.82) is 0 Å². The summed E-state index contributed by atoms with van der Waals surface area (Å²) in [6.07, 6.45) is 5.57. The fourth-order valence-electron chi connectivity index (χ4n) is 3.86. The van der Waals surface area contributed by atoms with Crippen LogP contribution in [0.1, 0.15) is 25.0 Å². The Bertz CT molecular complexity index is 1190. The van der Waals surface area contributed by atoms with Gasteiger partial charge in [-0.1, -0.05) is 11.6 Å². The first-order chi connectivity index (χ1) is 13.6. The number of aliphatic hydroxyl groups is 1. The van der Waals surface area contributed by atoms with E-state index in [1.165, 1.54) is 0 Å². The first-order valence-corrected chi connectivity index (χ1v) is 9.71. The van der Waals surface area contributed by atoms with E-state index in [2.05, 4.69) is 15.0 Å². The second-order valence-electron chi connectivity index (χ2n) is 7.19. The van der Waals surface area contributed by atoms with Crippen molar-refractivity contribution >= 4 is 28.3 Å². The van der Waals surface area contributed by atoms with Gasteiger partial charge < -0.3 is 9.84 Å². The number of fused-ring (bicyclic) bond motifs is 3. The SMILES string of the molecule is Cc1nc2cccnc2n2c(-c3cc(OC4CCC(O)C4)ccc3Cl)ncc12. The zero-order chi connectivity index (χ0) is 19.3. The zero-order valence-electron chi connectivity index (χ0n) is 15.3. The summed E-state index contributed by atoms with van der Waals surface area (Å²) < 4.78 is 8.07. The number of halogens is 1. The molecular weight excluding hydrogens is 376 g/mol. The molecule has 142 valence electrons. The van der Waals surface area contributed by atoms with Crippen LogP contribution in [0, 0.1) is 6.92 Å². The smallest absolute Gasteiger partial charge is 0.164 e. The second kappa shape index (κ2) is 6.72. The summed E-state index contributed by atoms with van der Waals surface area (Å²) in [7, 11) is 0. The Morgan fingerprint density at radius 2 is 2.11 bits per heavy atom. The van der Waals surface area contributed by atoms with Gasteiger partial charge in [0, 0.05) is 18.2 Å². The minimum absolute atomic E-state index is 0.0231. The van der Waals surface area contributed by atoms with Crippen LogP contribution in [0.15, 0.2) is 42.7 Å². The molecule has 1 N–H and O–H groups in total. The van der Waals surface area contributed by atoms with Crippen molar-refractivity contribution in [3.63, 3.8) is 0 Å². The summed E-state index contributed by atoms with van der Waals surface area (Å²) in [6.45, 7) is 1.96. The predicted octanol–water partition coefficient (Wildman–Crippen LogP) is 4.20. The highest BCUT2D eigenvalue weighted by Gasteiger charge is 2.25. The van der Waals surface area contributed by atoms with Crippen LogP contribution in [-0.4, -0.2) is 36.7 Å². The minimum atomic E-state index is -0.277. The van der Waals surface area contributed by atoms with Crippen LogP contribution in [0.2, 0.25) is 5.02 Å². The number of benzene rings is 1. The fraction of sp³-hybridized carbons (Fsp3) is 0.286. The Morgan fingerprint density at radius 1 is 1.21 bits per heavy atom. The van der Waals surface area contributed by atoms with E-state index in [0.717, 1.165) is 46.5 Å². The maximum atomic E-state index is 9.74. The van der Waals surface area contributed by atoms with Gasteiger partial charge in [0.15, 0.2) is 5.65 Å². The second-order valence-corrected chi connectivity index (χ2v) is 7.60. The predicted molar refractivity (Wildman–Crippen MR) is 108 cm³/mol. The lowest BCUT2D eigenvalue weighted by molar-refractivity contribution is 0.150. The van der Waals surface area contributed by atoms with E-state index < -0.39 is 0 Å². The Kier molecular flexibility index (Phi) is 4.18. The molecule has 1 saturated carbocycles. The van der Waals surface area contributed by atoms with Crippen LogP contribution in [0.5, 0.6) is 5.75 Å². The average Bonchev–Trinajstić information content (AvgIpc) is 3.30. The summed E-state index contributed by atoms with van der Waals surface area (Å²) in [4.78, 5) is 13.8. The number of hydrogen-bond donors (Lipinski definition) is 1. The van der Waals surface area contributed by atoms with Gasteiger partial charge in [0.2, 0.25) is 0 Å². The Labute approximate surface area is 166 Å². The van der Waals surface area contributed by atoms with Gasteiger partial charge in [-0.15, -0.1) is 0 Å². The van der Waals surface area contributed by atoms with Crippen molar-refractivity contribution in [1.82, 2.24) is 19.4 Å². The van der Waals surface area contributed by atoms with Crippen LogP contribution >= 0.6 is 11.6 Å². The molecule has 28 heavy (non-hydrogen) atoms. The molecule has 7 heteroatoms. The van der Waals surface area contributed by atoms with Crippen LogP contribution in [0.3, 0.4) is 0 Å². The molecule has 4 aromatic rings. The Morgan fingerprint density at radius 3 is 2.93 bits per heavy atom. The van der Waals surface area contributed by atoms with Crippen molar-refractivity contribution in [2.75, 3.05) is 0 Å². The van der Waals surface area contributed by atoms with Gasteiger partial charge in [0.25, 0.3) is 0 Å². The number of hydrogen-bond acceptors (Lipinski definition) is 5. The number of ether oxygens (including phenoxy) is 1. The molecule has 0 bridgehead atoms. The van der Waals surface area contributed by atoms with Crippen LogP contribution in [0.25, 0.3) is 28.1 Å². The lowest BCUT2D eigenvalue weighted by Crippen LogP contribution is -2.13. The van der Waals surface area contributed by atoms with Crippen LogP contribution in [-0.2, 0) is 0 Å². The van der Waals surface area contributed by atoms with E-state index in [-0.39, 0.29) is 12.2 Å². The van der Waals surface area contributed by atoms with Gasteiger partial charge in [0.05, 0.1) is 28.5 Å². The molecule has 0 aliphatic heterocycles. The van der Waals surface area contributed by atoms with E-state index in [4.69, 9.17) is 16.3 Å². The standard InChI is InChI=1S/C21H19ClN4O2/c1-12-19-11-24-20(26(19)21-18(25-12)3-2-8-23-21)16-10-15(6-7-17(16)22)28-14-5-4-13(27)9-14/h2-3,6-8,10-11,13-14,27H,4-5,9H2,1H3. The number of imidazole rings is 1. The number of aromatic nitrogens is 4. The topological polar surface area (TPSA) is 72.5 Å².